The predicted molar refractivity (Wildman–Crippen MR) is 137 cm³/mol. The van der Waals surface area contributed by atoms with Gasteiger partial charge in [-0.1, -0.05) is 25.0 Å². The maximum Gasteiger partial charge on any atom is 0.242 e. The fourth-order valence-corrected chi connectivity index (χ4v) is 4.72. The highest BCUT2D eigenvalue weighted by Gasteiger charge is 2.32. The molecule has 0 unspecified atom stereocenters. The van der Waals surface area contributed by atoms with E-state index in [9.17, 15) is 9.59 Å². The Morgan fingerprint density at radius 3 is 2.49 bits per heavy atom. The first-order chi connectivity index (χ1) is 16.7. The van der Waals surface area contributed by atoms with E-state index < -0.39 is 5.54 Å². The van der Waals surface area contributed by atoms with E-state index in [4.69, 9.17) is 9.47 Å². The van der Waals surface area contributed by atoms with Gasteiger partial charge in [0.25, 0.3) is 0 Å². The quantitative estimate of drug-likeness (QED) is 0.477. The zero-order chi connectivity index (χ0) is 25.4. The Labute approximate surface area is 210 Å². The van der Waals surface area contributed by atoms with Crippen LogP contribution in [0.3, 0.4) is 0 Å². The number of rotatable bonds is 11. The minimum absolute atomic E-state index is 0.0304. The molecule has 0 saturated heterocycles. The Morgan fingerprint density at radius 2 is 1.83 bits per heavy atom. The van der Waals surface area contributed by atoms with E-state index in [2.05, 4.69) is 16.7 Å². The van der Waals surface area contributed by atoms with Crippen molar-refractivity contribution in [2.24, 2.45) is 5.92 Å². The molecule has 1 fully saturated rings. The molecular formula is C28H41N3O4. The monoisotopic (exact) mass is 483 g/mol. The number of benzene rings is 1. The van der Waals surface area contributed by atoms with Crippen molar-refractivity contribution in [2.75, 3.05) is 33.9 Å². The zero-order valence-electron chi connectivity index (χ0n) is 22.0. The Bertz CT molecular complexity index is 973. The Hall–Kier alpha value is -2.80. The molecule has 35 heavy (non-hydrogen) atoms. The lowest BCUT2D eigenvalue weighted by Gasteiger charge is -2.38. The number of hydrogen-bond donors (Lipinski definition) is 0. The summed E-state index contributed by atoms with van der Waals surface area (Å²) in [7, 11) is 3.29. The number of aromatic nitrogens is 1. The van der Waals surface area contributed by atoms with Crippen molar-refractivity contribution >= 4 is 11.8 Å². The van der Waals surface area contributed by atoms with Crippen LogP contribution in [-0.2, 0) is 27.4 Å². The van der Waals surface area contributed by atoms with Gasteiger partial charge in [-0.25, -0.2) is 0 Å². The van der Waals surface area contributed by atoms with Gasteiger partial charge in [-0.05, 0) is 63.4 Å². The second-order valence-corrected chi connectivity index (χ2v) is 10.4. The number of methoxy groups -OCH3 is 2. The molecule has 0 spiro atoms. The fraction of sp³-hybridized carbons (Fsp3) is 0.571. The third kappa shape index (κ3) is 7.34. The third-order valence-corrected chi connectivity index (χ3v) is 6.75. The van der Waals surface area contributed by atoms with Crippen molar-refractivity contribution in [2.45, 2.75) is 65.1 Å². The first-order valence-corrected chi connectivity index (χ1v) is 12.6. The first-order valence-electron chi connectivity index (χ1n) is 12.6. The van der Waals surface area contributed by atoms with Crippen molar-refractivity contribution in [3.8, 4) is 5.75 Å². The van der Waals surface area contributed by atoms with Crippen LogP contribution in [0.4, 0.5) is 0 Å². The van der Waals surface area contributed by atoms with Gasteiger partial charge in [0.2, 0.25) is 11.8 Å². The molecule has 1 aromatic heterocycles. The maximum absolute atomic E-state index is 13.6. The highest BCUT2D eigenvalue weighted by atomic mass is 16.5. The number of hydrogen-bond acceptors (Lipinski definition) is 4. The van der Waals surface area contributed by atoms with Crippen LogP contribution in [0.5, 0.6) is 5.75 Å². The fourth-order valence-electron chi connectivity index (χ4n) is 4.72. The summed E-state index contributed by atoms with van der Waals surface area (Å²) < 4.78 is 12.8. The molecule has 1 saturated carbocycles. The summed E-state index contributed by atoms with van der Waals surface area (Å²) in [5, 5.41) is 0. The SMILES string of the molecule is COCCN(CC(=O)N(Cc1cccn1Cc1cccc(OC)c1)C(C)(C)C)C(=O)C1CCCC1. The van der Waals surface area contributed by atoms with Gasteiger partial charge >= 0.3 is 0 Å². The molecule has 0 aliphatic heterocycles. The van der Waals surface area contributed by atoms with Gasteiger partial charge < -0.3 is 23.8 Å². The largest absolute Gasteiger partial charge is 0.497 e. The average molecular weight is 484 g/mol. The summed E-state index contributed by atoms with van der Waals surface area (Å²) in [6.45, 7) is 8.20. The van der Waals surface area contributed by atoms with Crippen LogP contribution in [-0.4, -0.2) is 65.6 Å². The predicted octanol–water partition coefficient (Wildman–Crippen LogP) is 4.34. The third-order valence-electron chi connectivity index (χ3n) is 6.75. The Kier molecular flexibility index (Phi) is 9.38. The van der Waals surface area contributed by atoms with Crippen LogP contribution in [0.1, 0.15) is 57.7 Å². The van der Waals surface area contributed by atoms with Gasteiger partial charge in [0.05, 0.1) is 26.8 Å². The molecule has 1 aliphatic rings. The van der Waals surface area contributed by atoms with Crippen molar-refractivity contribution in [3.05, 3.63) is 53.9 Å². The molecule has 2 amide bonds. The molecular weight excluding hydrogens is 442 g/mol. The van der Waals surface area contributed by atoms with Crippen LogP contribution >= 0.6 is 0 Å². The van der Waals surface area contributed by atoms with Crippen molar-refractivity contribution < 1.29 is 19.1 Å². The number of amides is 2. The highest BCUT2D eigenvalue weighted by Crippen LogP contribution is 2.27. The van der Waals surface area contributed by atoms with Gasteiger partial charge in [0, 0.05) is 43.5 Å². The zero-order valence-corrected chi connectivity index (χ0v) is 22.0. The van der Waals surface area contributed by atoms with E-state index in [1.165, 1.54) is 0 Å². The number of carbonyl (C=O) groups is 2. The average Bonchev–Trinajstić information content (AvgIpc) is 3.51. The molecule has 2 aromatic rings. The standard InChI is InChI=1S/C28H41N3O4/c1-28(2,3)31(26(32)21-30(16-17-34-4)27(33)23-11-6-7-12-23)20-24-13-9-15-29(24)19-22-10-8-14-25(18-22)35-5/h8-10,13-15,18,23H,6-7,11-12,16-17,19-21H2,1-5H3. The van der Waals surface area contributed by atoms with Gasteiger partial charge in [0.1, 0.15) is 5.75 Å². The van der Waals surface area contributed by atoms with Crippen LogP contribution in [0.25, 0.3) is 0 Å². The molecule has 7 heteroatoms. The van der Waals surface area contributed by atoms with E-state index in [0.29, 0.717) is 26.2 Å². The van der Waals surface area contributed by atoms with Gasteiger partial charge in [-0.15, -0.1) is 0 Å². The summed E-state index contributed by atoms with van der Waals surface area (Å²) in [5.74, 6) is 0.894. The second-order valence-electron chi connectivity index (χ2n) is 10.4. The molecule has 1 aliphatic carbocycles. The highest BCUT2D eigenvalue weighted by molar-refractivity contribution is 5.86. The Morgan fingerprint density at radius 1 is 1.09 bits per heavy atom. The lowest BCUT2D eigenvalue weighted by atomic mass is 10.0. The molecule has 3 rings (SSSR count). The molecule has 7 nitrogen and oxygen atoms in total. The molecule has 1 aromatic carbocycles. The molecule has 0 bridgehead atoms. The Balaban J connectivity index is 1.76. The summed E-state index contributed by atoms with van der Waals surface area (Å²) in [5.41, 5.74) is 1.77. The molecule has 0 radical (unpaired) electrons. The summed E-state index contributed by atoms with van der Waals surface area (Å²) in [4.78, 5) is 30.4. The topological polar surface area (TPSA) is 64.0 Å². The normalized spacial score (nSPS) is 14.2. The van der Waals surface area contributed by atoms with Gasteiger partial charge in [-0.3, -0.25) is 9.59 Å². The molecule has 1 heterocycles. The second kappa shape index (κ2) is 12.2. The van der Waals surface area contributed by atoms with Crippen LogP contribution in [0.2, 0.25) is 0 Å². The molecule has 192 valence electrons. The lowest BCUT2D eigenvalue weighted by molar-refractivity contribution is -0.146. The van der Waals surface area contributed by atoms with Crippen molar-refractivity contribution in [1.82, 2.24) is 14.4 Å². The molecule has 0 atom stereocenters. The summed E-state index contributed by atoms with van der Waals surface area (Å²) in [6, 6.07) is 12.1. The number of nitrogens with zero attached hydrogens (tertiary/aromatic N) is 3. The summed E-state index contributed by atoms with van der Waals surface area (Å²) in [6.07, 6.45) is 6.03. The van der Waals surface area contributed by atoms with Gasteiger partial charge in [-0.2, -0.15) is 0 Å². The number of ether oxygens (including phenoxy) is 2. The van der Waals surface area contributed by atoms with E-state index >= 15 is 0 Å². The van der Waals surface area contributed by atoms with Crippen LogP contribution in [0, 0.1) is 5.92 Å². The molecule has 0 N–H and O–H groups in total. The number of carbonyl (C=O) groups excluding carboxylic acids is 2. The minimum Gasteiger partial charge on any atom is -0.497 e. The van der Waals surface area contributed by atoms with E-state index in [-0.39, 0.29) is 24.3 Å². The maximum atomic E-state index is 13.6. The lowest BCUT2D eigenvalue weighted by Crippen LogP contribution is -2.51. The minimum atomic E-state index is -0.397. The van der Waals surface area contributed by atoms with Gasteiger partial charge in [0.15, 0.2) is 0 Å². The smallest absolute Gasteiger partial charge is 0.242 e. The van der Waals surface area contributed by atoms with Crippen LogP contribution < -0.4 is 4.74 Å². The van der Waals surface area contributed by atoms with E-state index in [1.54, 1.807) is 19.1 Å². The van der Waals surface area contributed by atoms with E-state index in [0.717, 1.165) is 42.7 Å². The first kappa shape index (κ1) is 26.8. The van der Waals surface area contributed by atoms with Crippen molar-refractivity contribution in [3.63, 3.8) is 0 Å². The summed E-state index contributed by atoms with van der Waals surface area (Å²) >= 11 is 0. The van der Waals surface area contributed by atoms with Crippen LogP contribution in [0.15, 0.2) is 42.6 Å². The van der Waals surface area contributed by atoms with Crippen molar-refractivity contribution in [1.29, 1.82) is 0 Å². The van der Waals surface area contributed by atoms with E-state index in [1.807, 2.05) is 56.1 Å².